The van der Waals surface area contributed by atoms with Gasteiger partial charge >= 0.3 is 0 Å². The Hall–Kier alpha value is -1.42. The molecular weight excluding hydrogens is 221 g/mol. The Kier molecular flexibility index (Phi) is 3.43. The molecule has 0 bridgehead atoms. The fraction of sp³-hybridized carbons (Fsp3) is 0.462. The summed E-state index contributed by atoms with van der Waals surface area (Å²) in [5.74, 6) is -0.502. The van der Waals surface area contributed by atoms with Crippen molar-refractivity contribution in [2.75, 3.05) is 6.54 Å². The van der Waals surface area contributed by atoms with E-state index >= 15 is 0 Å². The number of aliphatic hydroxyl groups is 1. The molecule has 0 heterocycles. The van der Waals surface area contributed by atoms with Gasteiger partial charge in [-0.1, -0.05) is 18.2 Å². The molecule has 3 unspecified atom stereocenters. The summed E-state index contributed by atoms with van der Waals surface area (Å²) in [4.78, 5) is 11.7. The highest BCUT2D eigenvalue weighted by molar-refractivity contribution is 5.82. The molecule has 92 valence electrons. The van der Waals surface area contributed by atoms with Crippen molar-refractivity contribution in [1.29, 1.82) is 0 Å². The Labute approximate surface area is 99.7 Å². The standard InChI is InChI=1S/C13H16FNO2/c1-8(16)7-15-13(17)11-6-10(11)9-4-2-3-5-12(9)14/h2-5,8,10-11,16H,6-7H2,1H3,(H,15,17). The largest absolute Gasteiger partial charge is 0.392 e. The van der Waals surface area contributed by atoms with Crippen molar-refractivity contribution in [2.24, 2.45) is 5.92 Å². The summed E-state index contributed by atoms with van der Waals surface area (Å²) in [5, 5.41) is 11.7. The van der Waals surface area contributed by atoms with Gasteiger partial charge in [0.1, 0.15) is 5.82 Å². The second-order valence-electron chi connectivity index (χ2n) is 4.56. The third kappa shape index (κ3) is 2.82. The number of aliphatic hydroxyl groups excluding tert-OH is 1. The number of hydrogen-bond donors (Lipinski definition) is 2. The molecule has 3 nitrogen and oxygen atoms in total. The zero-order valence-corrected chi connectivity index (χ0v) is 9.69. The fourth-order valence-corrected chi connectivity index (χ4v) is 1.98. The van der Waals surface area contributed by atoms with Crippen LogP contribution in [0.15, 0.2) is 24.3 Å². The maximum atomic E-state index is 13.5. The minimum atomic E-state index is -0.551. The Morgan fingerprint density at radius 1 is 1.59 bits per heavy atom. The van der Waals surface area contributed by atoms with Crippen LogP contribution in [0.2, 0.25) is 0 Å². The molecule has 1 fully saturated rings. The molecule has 3 atom stereocenters. The highest BCUT2D eigenvalue weighted by Gasteiger charge is 2.44. The van der Waals surface area contributed by atoms with Gasteiger partial charge in [0, 0.05) is 12.5 Å². The molecule has 0 aromatic heterocycles. The first-order valence-electron chi connectivity index (χ1n) is 5.79. The highest BCUT2D eigenvalue weighted by Crippen LogP contribution is 2.48. The highest BCUT2D eigenvalue weighted by atomic mass is 19.1. The summed E-state index contributed by atoms with van der Waals surface area (Å²) >= 11 is 0. The van der Waals surface area contributed by atoms with Gasteiger partial charge in [-0.2, -0.15) is 0 Å². The lowest BCUT2D eigenvalue weighted by Gasteiger charge is -2.07. The second kappa shape index (κ2) is 4.84. The number of carbonyl (C=O) groups is 1. The van der Waals surface area contributed by atoms with Gasteiger partial charge in [0.25, 0.3) is 0 Å². The van der Waals surface area contributed by atoms with Gasteiger partial charge < -0.3 is 10.4 Å². The van der Waals surface area contributed by atoms with Crippen molar-refractivity contribution in [2.45, 2.75) is 25.4 Å². The quantitative estimate of drug-likeness (QED) is 0.832. The third-order valence-electron chi connectivity index (χ3n) is 3.00. The molecule has 4 heteroatoms. The van der Waals surface area contributed by atoms with E-state index in [4.69, 9.17) is 5.11 Å². The first-order chi connectivity index (χ1) is 8.09. The Morgan fingerprint density at radius 2 is 2.29 bits per heavy atom. The first kappa shape index (κ1) is 12.0. The third-order valence-corrected chi connectivity index (χ3v) is 3.00. The van der Waals surface area contributed by atoms with Gasteiger partial charge in [-0.3, -0.25) is 4.79 Å². The number of rotatable bonds is 4. The molecule has 1 amide bonds. The van der Waals surface area contributed by atoms with Gasteiger partial charge in [-0.25, -0.2) is 4.39 Å². The van der Waals surface area contributed by atoms with Crippen LogP contribution in [-0.2, 0) is 4.79 Å². The lowest BCUT2D eigenvalue weighted by atomic mass is 10.1. The predicted octanol–water partition coefficient (Wildman–Crippen LogP) is 1.43. The average Bonchev–Trinajstić information content (AvgIpc) is 3.06. The van der Waals surface area contributed by atoms with Gasteiger partial charge in [0.15, 0.2) is 0 Å². The van der Waals surface area contributed by atoms with E-state index in [9.17, 15) is 9.18 Å². The lowest BCUT2D eigenvalue weighted by molar-refractivity contribution is -0.122. The molecule has 1 aliphatic carbocycles. The molecule has 0 saturated heterocycles. The van der Waals surface area contributed by atoms with Gasteiger partial charge in [0.05, 0.1) is 6.10 Å². The smallest absolute Gasteiger partial charge is 0.223 e. The number of amides is 1. The molecule has 2 rings (SSSR count). The number of carbonyl (C=O) groups excluding carboxylic acids is 1. The summed E-state index contributed by atoms with van der Waals surface area (Å²) in [6.45, 7) is 1.86. The maximum Gasteiger partial charge on any atom is 0.223 e. The van der Waals surface area contributed by atoms with Gasteiger partial charge in [0.2, 0.25) is 5.91 Å². The zero-order chi connectivity index (χ0) is 12.4. The number of hydrogen-bond acceptors (Lipinski definition) is 2. The van der Waals surface area contributed by atoms with Crippen molar-refractivity contribution in [3.8, 4) is 0 Å². The van der Waals surface area contributed by atoms with E-state index in [-0.39, 0.29) is 30.1 Å². The number of benzene rings is 1. The van der Waals surface area contributed by atoms with Crippen LogP contribution in [-0.4, -0.2) is 23.7 Å². The van der Waals surface area contributed by atoms with E-state index < -0.39 is 6.10 Å². The molecule has 1 aliphatic rings. The Bertz CT molecular complexity index is 420. The van der Waals surface area contributed by atoms with Crippen molar-refractivity contribution in [3.05, 3.63) is 35.6 Å². The molecule has 1 saturated carbocycles. The van der Waals surface area contributed by atoms with Gasteiger partial charge in [-0.05, 0) is 30.9 Å². The topological polar surface area (TPSA) is 49.3 Å². The predicted molar refractivity (Wildman–Crippen MR) is 61.9 cm³/mol. The first-order valence-corrected chi connectivity index (χ1v) is 5.79. The maximum absolute atomic E-state index is 13.5. The Balaban J connectivity index is 1.92. The summed E-state index contributed by atoms with van der Waals surface area (Å²) in [6, 6.07) is 6.56. The molecule has 0 spiro atoms. The van der Waals surface area contributed by atoms with Crippen LogP contribution in [0.25, 0.3) is 0 Å². The lowest BCUT2D eigenvalue weighted by Crippen LogP contribution is -2.31. The summed E-state index contributed by atoms with van der Waals surface area (Å²) < 4.78 is 13.5. The van der Waals surface area contributed by atoms with Gasteiger partial charge in [-0.15, -0.1) is 0 Å². The van der Waals surface area contributed by atoms with Crippen LogP contribution in [0, 0.1) is 11.7 Å². The van der Waals surface area contributed by atoms with E-state index in [1.54, 1.807) is 25.1 Å². The van der Waals surface area contributed by atoms with Crippen LogP contribution in [0.4, 0.5) is 4.39 Å². The molecule has 17 heavy (non-hydrogen) atoms. The van der Waals surface area contributed by atoms with E-state index in [0.717, 1.165) is 0 Å². The normalized spacial score (nSPS) is 24.2. The van der Waals surface area contributed by atoms with Crippen molar-refractivity contribution in [3.63, 3.8) is 0 Å². The van der Waals surface area contributed by atoms with Crippen LogP contribution in [0.5, 0.6) is 0 Å². The van der Waals surface area contributed by atoms with Crippen molar-refractivity contribution >= 4 is 5.91 Å². The van der Waals surface area contributed by atoms with Crippen LogP contribution < -0.4 is 5.32 Å². The molecular formula is C13H16FNO2. The number of nitrogens with one attached hydrogen (secondary N) is 1. The van der Waals surface area contributed by atoms with E-state index in [1.807, 2.05) is 0 Å². The van der Waals surface area contributed by atoms with E-state index in [1.165, 1.54) is 6.07 Å². The SMILES string of the molecule is CC(O)CNC(=O)C1CC1c1ccccc1F. The van der Waals surface area contributed by atoms with Crippen molar-refractivity contribution in [1.82, 2.24) is 5.32 Å². The summed E-state index contributed by atoms with van der Waals surface area (Å²) in [5.41, 5.74) is 0.615. The fourth-order valence-electron chi connectivity index (χ4n) is 1.98. The summed E-state index contributed by atoms with van der Waals surface area (Å²) in [6.07, 6.45) is 0.136. The van der Waals surface area contributed by atoms with Crippen LogP contribution in [0.1, 0.15) is 24.8 Å². The zero-order valence-electron chi connectivity index (χ0n) is 9.69. The summed E-state index contributed by atoms with van der Waals surface area (Å²) in [7, 11) is 0. The monoisotopic (exact) mass is 237 g/mol. The number of halogens is 1. The Morgan fingerprint density at radius 3 is 2.94 bits per heavy atom. The minimum Gasteiger partial charge on any atom is -0.392 e. The molecule has 0 aliphatic heterocycles. The molecule has 0 radical (unpaired) electrons. The van der Waals surface area contributed by atoms with Crippen LogP contribution >= 0.6 is 0 Å². The molecule has 1 aromatic rings. The molecule has 1 aromatic carbocycles. The average molecular weight is 237 g/mol. The van der Waals surface area contributed by atoms with Crippen molar-refractivity contribution < 1.29 is 14.3 Å². The van der Waals surface area contributed by atoms with E-state index in [0.29, 0.717) is 12.0 Å². The molecule has 2 N–H and O–H groups in total. The minimum absolute atomic E-state index is 0.00908. The second-order valence-corrected chi connectivity index (χ2v) is 4.56. The van der Waals surface area contributed by atoms with Crippen LogP contribution in [0.3, 0.4) is 0 Å². The van der Waals surface area contributed by atoms with E-state index in [2.05, 4.69) is 5.32 Å².